The first kappa shape index (κ1) is 16.2. The van der Waals surface area contributed by atoms with E-state index in [9.17, 15) is 19.2 Å². The van der Waals surface area contributed by atoms with Gasteiger partial charge in [-0.05, 0) is 0 Å². The summed E-state index contributed by atoms with van der Waals surface area (Å²) in [6.07, 6.45) is 1.26. The molecular formula is C13H20N4O5. The van der Waals surface area contributed by atoms with Gasteiger partial charge in [0.25, 0.3) is 0 Å². The zero-order chi connectivity index (χ0) is 15.9. The van der Waals surface area contributed by atoms with Crippen molar-refractivity contribution in [2.75, 3.05) is 45.9 Å². The molecule has 2 aliphatic rings. The Labute approximate surface area is 127 Å². The van der Waals surface area contributed by atoms with Gasteiger partial charge in [0.2, 0.25) is 18.2 Å². The van der Waals surface area contributed by atoms with E-state index in [1.165, 1.54) is 0 Å². The van der Waals surface area contributed by atoms with Gasteiger partial charge in [0.1, 0.15) is 6.04 Å². The van der Waals surface area contributed by atoms with Crippen LogP contribution in [0.15, 0.2) is 0 Å². The van der Waals surface area contributed by atoms with Gasteiger partial charge in [0, 0.05) is 32.6 Å². The van der Waals surface area contributed by atoms with Crippen LogP contribution in [-0.4, -0.2) is 85.9 Å². The highest BCUT2D eigenvalue weighted by molar-refractivity contribution is 5.89. The first-order valence-corrected chi connectivity index (χ1v) is 7.23. The van der Waals surface area contributed by atoms with Crippen molar-refractivity contribution in [3.05, 3.63) is 0 Å². The lowest BCUT2D eigenvalue weighted by Gasteiger charge is -2.31. The molecule has 1 atom stereocenters. The summed E-state index contributed by atoms with van der Waals surface area (Å²) in [7, 11) is 0. The van der Waals surface area contributed by atoms with Crippen molar-refractivity contribution in [1.29, 1.82) is 0 Å². The highest BCUT2D eigenvalue weighted by Crippen LogP contribution is 2.05. The van der Waals surface area contributed by atoms with Crippen molar-refractivity contribution in [2.24, 2.45) is 0 Å². The standard InChI is InChI=1S/C13H20N4O5/c18-9-17-4-2-16(3-5-17)8-12(20)14-7-11(19)15-10-1-6-22-13(10)21/h9-10H,1-8H2,(H,14,20)(H,15,19). The molecule has 9 heteroatoms. The molecule has 0 spiro atoms. The van der Waals surface area contributed by atoms with Crippen LogP contribution in [0.3, 0.4) is 0 Å². The van der Waals surface area contributed by atoms with Gasteiger partial charge in [-0.15, -0.1) is 0 Å². The lowest BCUT2D eigenvalue weighted by atomic mass is 10.2. The van der Waals surface area contributed by atoms with Gasteiger partial charge in [-0.3, -0.25) is 19.3 Å². The van der Waals surface area contributed by atoms with E-state index in [-0.39, 0.29) is 19.0 Å². The number of ether oxygens (including phenoxy) is 1. The van der Waals surface area contributed by atoms with Crippen LogP contribution in [0, 0.1) is 0 Å². The van der Waals surface area contributed by atoms with Crippen molar-refractivity contribution in [3.63, 3.8) is 0 Å². The van der Waals surface area contributed by atoms with Crippen molar-refractivity contribution in [3.8, 4) is 0 Å². The van der Waals surface area contributed by atoms with Crippen LogP contribution < -0.4 is 10.6 Å². The first-order valence-electron chi connectivity index (χ1n) is 7.23. The molecule has 2 rings (SSSR count). The van der Waals surface area contributed by atoms with E-state index in [0.717, 1.165) is 6.41 Å². The van der Waals surface area contributed by atoms with Crippen molar-refractivity contribution in [2.45, 2.75) is 12.5 Å². The molecule has 2 aliphatic heterocycles. The Hall–Kier alpha value is -2.16. The summed E-state index contributed by atoms with van der Waals surface area (Å²) in [6, 6.07) is -0.610. The molecule has 0 aromatic heterocycles. The SMILES string of the molecule is O=CN1CCN(CC(=O)NCC(=O)NC2CCOC2=O)CC1. The zero-order valence-corrected chi connectivity index (χ0v) is 12.2. The summed E-state index contributed by atoms with van der Waals surface area (Å²) < 4.78 is 4.73. The summed E-state index contributed by atoms with van der Waals surface area (Å²) >= 11 is 0. The highest BCUT2D eigenvalue weighted by atomic mass is 16.5. The average molecular weight is 312 g/mol. The fourth-order valence-electron chi connectivity index (χ4n) is 2.34. The number of nitrogens with zero attached hydrogens (tertiary/aromatic N) is 2. The molecule has 2 N–H and O–H groups in total. The molecule has 122 valence electrons. The number of nitrogens with one attached hydrogen (secondary N) is 2. The molecular weight excluding hydrogens is 292 g/mol. The van der Waals surface area contributed by atoms with E-state index in [1.54, 1.807) is 4.90 Å². The van der Waals surface area contributed by atoms with Crippen LogP contribution in [0.1, 0.15) is 6.42 Å². The predicted octanol–water partition coefficient (Wildman–Crippen LogP) is -2.69. The van der Waals surface area contributed by atoms with E-state index in [4.69, 9.17) is 4.74 Å². The Kier molecular flexibility index (Phi) is 5.70. The Morgan fingerprint density at radius 2 is 1.95 bits per heavy atom. The Morgan fingerprint density at radius 3 is 2.55 bits per heavy atom. The lowest BCUT2D eigenvalue weighted by molar-refractivity contribution is -0.141. The number of amides is 3. The molecule has 9 nitrogen and oxygen atoms in total. The van der Waals surface area contributed by atoms with Crippen molar-refractivity contribution < 1.29 is 23.9 Å². The largest absolute Gasteiger partial charge is 0.464 e. The van der Waals surface area contributed by atoms with Crippen LogP contribution in [0.2, 0.25) is 0 Å². The van der Waals surface area contributed by atoms with Gasteiger partial charge in [-0.1, -0.05) is 0 Å². The molecule has 3 amide bonds. The number of cyclic esters (lactones) is 1. The Morgan fingerprint density at radius 1 is 1.23 bits per heavy atom. The maximum atomic E-state index is 11.8. The minimum Gasteiger partial charge on any atom is -0.464 e. The minimum absolute atomic E-state index is 0.170. The molecule has 2 heterocycles. The first-order chi connectivity index (χ1) is 10.6. The predicted molar refractivity (Wildman–Crippen MR) is 74.6 cm³/mol. The highest BCUT2D eigenvalue weighted by Gasteiger charge is 2.27. The van der Waals surface area contributed by atoms with Gasteiger partial charge in [-0.25, -0.2) is 4.79 Å². The number of hydrogen-bond donors (Lipinski definition) is 2. The second-order valence-electron chi connectivity index (χ2n) is 5.27. The normalized spacial score (nSPS) is 22.1. The molecule has 0 aliphatic carbocycles. The quantitative estimate of drug-likeness (QED) is 0.408. The summed E-state index contributed by atoms with van der Waals surface area (Å²) in [5.74, 6) is -1.11. The third-order valence-corrected chi connectivity index (χ3v) is 3.64. The maximum absolute atomic E-state index is 11.8. The fraction of sp³-hybridized carbons (Fsp3) is 0.692. The number of carbonyl (C=O) groups is 4. The molecule has 1 unspecified atom stereocenters. The van der Waals surface area contributed by atoms with Gasteiger partial charge in [0.15, 0.2) is 0 Å². The molecule has 0 aromatic rings. The molecule has 0 radical (unpaired) electrons. The van der Waals surface area contributed by atoms with Crippen molar-refractivity contribution in [1.82, 2.24) is 20.4 Å². The third-order valence-electron chi connectivity index (χ3n) is 3.64. The smallest absolute Gasteiger partial charge is 0.328 e. The zero-order valence-electron chi connectivity index (χ0n) is 12.2. The van der Waals surface area contributed by atoms with E-state index in [0.29, 0.717) is 39.2 Å². The number of esters is 1. The van der Waals surface area contributed by atoms with E-state index in [1.807, 2.05) is 4.90 Å². The van der Waals surface area contributed by atoms with E-state index < -0.39 is 17.9 Å². The second kappa shape index (κ2) is 7.74. The second-order valence-corrected chi connectivity index (χ2v) is 5.27. The monoisotopic (exact) mass is 312 g/mol. The number of rotatable bonds is 6. The summed E-state index contributed by atoms with van der Waals surface area (Å²) in [6.45, 7) is 2.78. The van der Waals surface area contributed by atoms with Gasteiger partial charge >= 0.3 is 5.97 Å². The van der Waals surface area contributed by atoms with Crippen LogP contribution in [-0.2, 0) is 23.9 Å². The van der Waals surface area contributed by atoms with Crippen LogP contribution in [0.5, 0.6) is 0 Å². The molecule has 0 saturated carbocycles. The third kappa shape index (κ3) is 4.69. The number of hydrogen-bond acceptors (Lipinski definition) is 6. The molecule has 0 bridgehead atoms. The summed E-state index contributed by atoms with van der Waals surface area (Å²) in [5.41, 5.74) is 0. The summed E-state index contributed by atoms with van der Waals surface area (Å²) in [5, 5.41) is 5.03. The summed E-state index contributed by atoms with van der Waals surface area (Å²) in [4.78, 5) is 48.7. The van der Waals surface area contributed by atoms with Crippen molar-refractivity contribution >= 4 is 24.2 Å². The van der Waals surface area contributed by atoms with Crippen LogP contribution in [0.25, 0.3) is 0 Å². The van der Waals surface area contributed by atoms with E-state index in [2.05, 4.69) is 10.6 Å². The van der Waals surface area contributed by atoms with Gasteiger partial charge < -0.3 is 20.3 Å². The fourth-order valence-corrected chi connectivity index (χ4v) is 2.34. The molecule has 0 aromatic carbocycles. The van der Waals surface area contributed by atoms with Crippen LogP contribution in [0.4, 0.5) is 0 Å². The lowest BCUT2D eigenvalue weighted by Crippen LogP contribution is -2.50. The topological polar surface area (TPSA) is 108 Å². The molecule has 22 heavy (non-hydrogen) atoms. The molecule has 2 fully saturated rings. The molecule has 2 saturated heterocycles. The van der Waals surface area contributed by atoms with Gasteiger partial charge in [-0.2, -0.15) is 0 Å². The van der Waals surface area contributed by atoms with Gasteiger partial charge in [0.05, 0.1) is 19.7 Å². The van der Waals surface area contributed by atoms with E-state index >= 15 is 0 Å². The average Bonchev–Trinajstić information content (AvgIpc) is 2.91. The number of piperazine rings is 1. The Balaban J connectivity index is 1.62. The Bertz CT molecular complexity index is 448. The maximum Gasteiger partial charge on any atom is 0.328 e. The van der Waals surface area contributed by atoms with Crippen LogP contribution >= 0.6 is 0 Å². The number of carbonyl (C=O) groups excluding carboxylic acids is 4. The minimum atomic E-state index is -0.610.